The van der Waals surface area contributed by atoms with Crippen LogP contribution in [0.25, 0.3) is 0 Å². The zero-order valence-corrected chi connectivity index (χ0v) is 11.0. The average molecular weight is 261 g/mol. The quantitative estimate of drug-likeness (QED) is 0.544. The van der Waals surface area contributed by atoms with Gasteiger partial charge in [-0.05, 0) is 6.42 Å². The van der Waals surface area contributed by atoms with Crippen molar-refractivity contribution in [2.24, 2.45) is 0 Å². The van der Waals surface area contributed by atoms with Crippen LogP contribution < -0.4 is 0 Å². The predicted octanol–water partition coefficient (Wildman–Crippen LogP) is 1.13. The van der Waals surface area contributed by atoms with E-state index in [2.05, 4.69) is 10.2 Å². The van der Waals surface area contributed by atoms with Gasteiger partial charge >= 0.3 is 0 Å². The normalized spacial score (nSPS) is 10.4. The summed E-state index contributed by atoms with van der Waals surface area (Å²) in [5, 5.41) is 7.58. The van der Waals surface area contributed by atoms with Crippen LogP contribution in [0.2, 0.25) is 0 Å². The molecule has 0 aliphatic carbocycles. The summed E-state index contributed by atoms with van der Waals surface area (Å²) in [6, 6.07) is 0. The number of nitrogens with zero attached hydrogens (tertiary/aromatic N) is 3. The number of aromatic nitrogens is 2. The van der Waals surface area contributed by atoms with Gasteiger partial charge in [0, 0.05) is 27.3 Å². The highest BCUT2D eigenvalue weighted by Crippen LogP contribution is 2.18. The van der Waals surface area contributed by atoms with Gasteiger partial charge in [-0.15, -0.1) is 10.2 Å². The van der Waals surface area contributed by atoms with Gasteiger partial charge in [-0.2, -0.15) is 0 Å². The molecule has 0 aliphatic rings. The van der Waals surface area contributed by atoms with E-state index in [0.29, 0.717) is 12.4 Å². The molecule has 0 aliphatic heterocycles. The lowest BCUT2D eigenvalue weighted by molar-refractivity contribution is -0.127. The van der Waals surface area contributed by atoms with Crippen molar-refractivity contribution in [2.75, 3.05) is 33.1 Å². The van der Waals surface area contributed by atoms with Crippen molar-refractivity contribution >= 4 is 29.0 Å². The average Bonchev–Trinajstić information content (AvgIpc) is 2.79. The number of carbonyl (C=O) groups excluding carboxylic acids is 1. The fourth-order valence-corrected chi connectivity index (χ4v) is 2.46. The number of thioether (sulfide) groups is 1. The Balaban J connectivity index is 2.18. The minimum atomic E-state index is 0.108. The van der Waals surface area contributed by atoms with Crippen LogP contribution in [-0.2, 0) is 9.53 Å². The van der Waals surface area contributed by atoms with Gasteiger partial charge in [0.25, 0.3) is 0 Å². The van der Waals surface area contributed by atoms with Gasteiger partial charge in [0.15, 0.2) is 4.34 Å². The van der Waals surface area contributed by atoms with Crippen molar-refractivity contribution in [2.45, 2.75) is 10.8 Å². The molecule has 7 heteroatoms. The predicted molar refractivity (Wildman–Crippen MR) is 64.8 cm³/mol. The first-order chi connectivity index (χ1) is 7.74. The summed E-state index contributed by atoms with van der Waals surface area (Å²) in [5.74, 6) is 0.523. The van der Waals surface area contributed by atoms with E-state index in [1.54, 1.807) is 24.6 Å². The van der Waals surface area contributed by atoms with Crippen molar-refractivity contribution in [3.05, 3.63) is 5.51 Å². The first kappa shape index (κ1) is 13.4. The number of rotatable bonds is 7. The number of amides is 1. The van der Waals surface area contributed by atoms with E-state index in [0.717, 1.165) is 17.3 Å². The molecule has 1 rings (SSSR count). The van der Waals surface area contributed by atoms with Gasteiger partial charge in [0.05, 0.1) is 5.75 Å². The lowest BCUT2D eigenvalue weighted by Crippen LogP contribution is -2.29. The van der Waals surface area contributed by atoms with Gasteiger partial charge < -0.3 is 9.64 Å². The maximum Gasteiger partial charge on any atom is 0.232 e. The van der Waals surface area contributed by atoms with E-state index in [9.17, 15) is 4.79 Å². The van der Waals surface area contributed by atoms with Gasteiger partial charge in [-0.25, -0.2) is 0 Å². The molecular weight excluding hydrogens is 246 g/mol. The molecular formula is C9H15N3O2S2. The second kappa shape index (κ2) is 7.59. The van der Waals surface area contributed by atoms with Crippen molar-refractivity contribution in [3.8, 4) is 0 Å². The Hall–Kier alpha value is -0.660. The summed E-state index contributed by atoms with van der Waals surface area (Å²) in [6.45, 7) is 1.41. The Kier molecular flexibility index (Phi) is 6.36. The van der Waals surface area contributed by atoms with Crippen LogP contribution in [0.15, 0.2) is 9.85 Å². The molecule has 1 heterocycles. The molecule has 5 nitrogen and oxygen atoms in total. The van der Waals surface area contributed by atoms with Crippen molar-refractivity contribution < 1.29 is 9.53 Å². The Morgan fingerprint density at radius 2 is 2.50 bits per heavy atom. The molecule has 0 N–H and O–H groups in total. The molecule has 16 heavy (non-hydrogen) atoms. The first-order valence-corrected chi connectivity index (χ1v) is 6.72. The molecule has 0 aromatic carbocycles. The standard InChI is InChI=1S/C9H15N3O2S2/c1-12(4-3-5-14-2)8(13)6-15-9-11-10-7-16-9/h7H,3-6H2,1-2H3. The number of methoxy groups -OCH3 is 1. The number of hydrogen-bond acceptors (Lipinski definition) is 6. The van der Waals surface area contributed by atoms with Gasteiger partial charge in [0.1, 0.15) is 5.51 Å². The summed E-state index contributed by atoms with van der Waals surface area (Å²) in [7, 11) is 3.46. The second-order valence-electron chi connectivity index (χ2n) is 3.15. The van der Waals surface area contributed by atoms with E-state index in [1.165, 1.54) is 23.1 Å². The highest BCUT2D eigenvalue weighted by molar-refractivity contribution is 8.01. The molecule has 0 saturated carbocycles. The Labute approximate surface area is 103 Å². The number of carbonyl (C=O) groups is 1. The van der Waals surface area contributed by atoms with Crippen molar-refractivity contribution in [1.82, 2.24) is 15.1 Å². The third kappa shape index (κ3) is 4.91. The Morgan fingerprint density at radius 3 is 3.12 bits per heavy atom. The summed E-state index contributed by atoms with van der Waals surface area (Å²) < 4.78 is 5.76. The molecule has 90 valence electrons. The molecule has 0 atom stereocenters. The zero-order chi connectivity index (χ0) is 11.8. The Bertz CT molecular complexity index is 306. The third-order valence-corrected chi connectivity index (χ3v) is 3.77. The summed E-state index contributed by atoms with van der Waals surface area (Å²) in [5.41, 5.74) is 1.66. The summed E-state index contributed by atoms with van der Waals surface area (Å²) in [4.78, 5) is 13.4. The number of ether oxygens (including phenoxy) is 1. The Morgan fingerprint density at radius 1 is 1.69 bits per heavy atom. The minimum absolute atomic E-state index is 0.108. The lowest BCUT2D eigenvalue weighted by Gasteiger charge is -2.15. The van der Waals surface area contributed by atoms with Crippen LogP contribution in [0, 0.1) is 0 Å². The zero-order valence-electron chi connectivity index (χ0n) is 9.38. The molecule has 1 aromatic rings. The van der Waals surface area contributed by atoms with Crippen molar-refractivity contribution in [3.63, 3.8) is 0 Å². The topological polar surface area (TPSA) is 55.3 Å². The highest BCUT2D eigenvalue weighted by atomic mass is 32.2. The van der Waals surface area contributed by atoms with Gasteiger partial charge in [-0.1, -0.05) is 23.1 Å². The molecule has 0 saturated heterocycles. The van der Waals surface area contributed by atoms with E-state index in [-0.39, 0.29) is 5.91 Å². The fraction of sp³-hybridized carbons (Fsp3) is 0.667. The van der Waals surface area contributed by atoms with Crippen LogP contribution >= 0.6 is 23.1 Å². The molecule has 1 amide bonds. The van der Waals surface area contributed by atoms with Crippen LogP contribution in [0.1, 0.15) is 6.42 Å². The van der Waals surface area contributed by atoms with Crippen LogP contribution in [0.3, 0.4) is 0 Å². The molecule has 0 bridgehead atoms. The van der Waals surface area contributed by atoms with Crippen LogP contribution in [0.4, 0.5) is 0 Å². The minimum Gasteiger partial charge on any atom is -0.385 e. The molecule has 0 fully saturated rings. The van der Waals surface area contributed by atoms with E-state index < -0.39 is 0 Å². The lowest BCUT2D eigenvalue weighted by atomic mass is 10.4. The fourth-order valence-electron chi connectivity index (χ4n) is 1.03. The smallest absolute Gasteiger partial charge is 0.232 e. The van der Waals surface area contributed by atoms with Crippen LogP contribution in [-0.4, -0.2) is 54.1 Å². The van der Waals surface area contributed by atoms with Gasteiger partial charge in [0.2, 0.25) is 5.91 Å². The summed E-state index contributed by atoms with van der Waals surface area (Å²) >= 11 is 2.87. The monoisotopic (exact) mass is 261 g/mol. The molecule has 1 aromatic heterocycles. The summed E-state index contributed by atoms with van der Waals surface area (Å²) in [6.07, 6.45) is 0.863. The number of hydrogen-bond donors (Lipinski definition) is 0. The SMILES string of the molecule is COCCCN(C)C(=O)CSc1nncs1. The maximum absolute atomic E-state index is 11.7. The van der Waals surface area contributed by atoms with E-state index in [4.69, 9.17) is 4.74 Å². The van der Waals surface area contributed by atoms with E-state index >= 15 is 0 Å². The van der Waals surface area contributed by atoms with Crippen molar-refractivity contribution in [1.29, 1.82) is 0 Å². The largest absolute Gasteiger partial charge is 0.385 e. The maximum atomic E-state index is 11.7. The molecule has 0 radical (unpaired) electrons. The molecule has 0 unspecified atom stereocenters. The highest BCUT2D eigenvalue weighted by Gasteiger charge is 2.09. The molecule has 0 spiro atoms. The van der Waals surface area contributed by atoms with E-state index in [1.807, 2.05) is 0 Å². The first-order valence-electron chi connectivity index (χ1n) is 4.86. The second-order valence-corrected chi connectivity index (χ2v) is 5.21. The third-order valence-electron chi connectivity index (χ3n) is 1.93. The van der Waals surface area contributed by atoms with Crippen LogP contribution in [0.5, 0.6) is 0 Å². The van der Waals surface area contributed by atoms with Gasteiger partial charge in [-0.3, -0.25) is 4.79 Å².